The predicted molar refractivity (Wildman–Crippen MR) is 66.5 cm³/mol. The van der Waals surface area contributed by atoms with Crippen molar-refractivity contribution in [3.8, 4) is 0 Å². The molecule has 0 spiro atoms. The largest absolute Gasteiger partial charge is 0.294 e. The summed E-state index contributed by atoms with van der Waals surface area (Å²) in [5.74, 6) is 0.227. The molecule has 0 fully saturated rings. The van der Waals surface area contributed by atoms with Crippen molar-refractivity contribution in [2.45, 2.75) is 26.2 Å². The number of hydrogen-bond acceptors (Lipinski definition) is 1. The summed E-state index contributed by atoms with van der Waals surface area (Å²) >= 11 is 0. The molecule has 1 aliphatic carbocycles. The van der Waals surface area contributed by atoms with Gasteiger partial charge in [-0.05, 0) is 19.8 Å². The monoisotopic (exact) mass is 212 g/mol. The normalized spacial score (nSPS) is 15.3. The molecule has 0 saturated carbocycles. The Morgan fingerprint density at radius 1 is 1.25 bits per heavy atom. The van der Waals surface area contributed by atoms with Crippen LogP contribution in [-0.2, 0) is 0 Å². The van der Waals surface area contributed by atoms with E-state index < -0.39 is 0 Å². The molecule has 0 heterocycles. The van der Waals surface area contributed by atoms with E-state index in [1.807, 2.05) is 30.3 Å². The number of benzene rings is 1. The number of hydrogen-bond donors (Lipinski definition) is 0. The standard InChI is InChI=1S/C15H16O/c1-12-7-5-6-10-14(12)11-15(16)13-8-3-2-4-9-13/h2-5,7-9H,6,10-11H2,1H3. The summed E-state index contributed by atoms with van der Waals surface area (Å²) in [5, 5.41) is 0. The van der Waals surface area contributed by atoms with Gasteiger partial charge in [0.2, 0.25) is 0 Å². The number of rotatable bonds is 3. The van der Waals surface area contributed by atoms with E-state index in [1.165, 1.54) is 11.1 Å². The van der Waals surface area contributed by atoms with Crippen LogP contribution in [0.25, 0.3) is 0 Å². The van der Waals surface area contributed by atoms with Crippen LogP contribution in [0.15, 0.2) is 53.6 Å². The van der Waals surface area contributed by atoms with Crippen molar-refractivity contribution in [3.63, 3.8) is 0 Å². The molecule has 0 atom stereocenters. The lowest BCUT2D eigenvalue weighted by Crippen LogP contribution is -2.03. The van der Waals surface area contributed by atoms with E-state index in [4.69, 9.17) is 0 Å². The Kier molecular flexibility index (Phi) is 3.35. The van der Waals surface area contributed by atoms with Gasteiger partial charge in [0.05, 0.1) is 0 Å². The van der Waals surface area contributed by atoms with Crippen molar-refractivity contribution < 1.29 is 4.79 Å². The highest BCUT2D eigenvalue weighted by molar-refractivity contribution is 5.97. The van der Waals surface area contributed by atoms with E-state index in [-0.39, 0.29) is 5.78 Å². The number of allylic oxidation sites excluding steroid dienone is 4. The molecular formula is C15H16O. The van der Waals surface area contributed by atoms with Crippen LogP contribution in [-0.4, -0.2) is 5.78 Å². The number of carbonyl (C=O) groups excluding carboxylic acids is 1. The van der Waals surface area contributed by atoms with Crippen LogP contribution in [0.4, 0.5) is 0 Å². The topological polar surface area (TPSA) is 17.1 Å². The molecule has 0 saturated heterocycles. The third-order valence-corrected chi connectivity index (χ3v) is 3.01. The second-order valence-corrected chi connectivity index (χ2v) is 4.19. The van der Waals surface area contributed by atoms with E-state index >= 15 is 0 Å². The maximum atomic E-state index is 12.0. The van der Waals surface area contributed by atoms with Gasteiger partial charge in [-0.15, -0.1) is 0 Å². The average molecular weight is 212 g/mol. The molecule has 1 aliphatic rings. The molecule has 0 bridgehead atoms. The third-order valence-electron chi connectivity index (χ3n) is 3.01. The number of ketones is 1. The zero-order chi connectivity index (χ0) is 11.4. The number of carbonyl (C=O) groups is 1. The molecule has 1 aromatic rings. The first-order chi connectivity index (χ1) is 7.77. The number of Topliss-reactive ketones (excluding diaryl/α,β-unsaturated/α-hetero) is 1. The lowest BCUT2D eigenvalue weighted by molar-refractivity contribution is 0.0991. The van der Waals surface area contributed by atoms with Gasteiger partial charge in [-0.3, -0.25) is 4.79 Å². The highest BCUT2D eigenvalue weighted by Crippen LogP contribution is 2.23. The molecule has 0 aliphatic heterocycles. The quantitative estimate of drug-likeness (QED) is 0.694. The predicted octanol–water partition coefficient (Wildman–Crippen LogP) is 3.93. The van der Waals surface area contributed by atoms with Gasteiger partial charge in [0, 0.05) is 12.0 Å². The first kappa shape index (κ1) is 10.9. The Hall–Kier alpha value is -1.63. The van der Waals surface area contributed by atoms with Crippen LogP contribution in [0.1, 0.15) is 36.5 Å². The van der Waals surface area contributed by atoms with Crippen LogP contribution in [0.3, 0.4) is 0 Å². The van der Waals surface area contributed by atoms with Gasteiger partial charge in [-0.1, -0.05) is 53.6 Å². The fraction of sp³-hybridized carbons (Fsp3) is 0.267. The lowest BCUT2D eigenvalue weighted by Gasteiger charge is -2.12. The Balaban J connectivity index is 2.11. The lowest BCUT2D eigenvalue weighted by atomic mass is 9.93. The maximum absolute atomic E-state index is 12.0. The highest BCUT2D eigenvalue weighted by atomic mass is 16.1. The summed E-state index contributed by atoms with van der Waals surface area (Å²) in [4.78, 5) is 12.0. The second kappa shape index (κ2) is 4.93. The Morgan fingerprint density at radius 3 is 2.69 bits per heavy atom. The molecule has 82 valence electrons. The van der Waals surface area contributed by atoms with Crippen LogP contribution in [0.5, 0.6) is 0 Å². The van der Waals surface area contributed by atoms with E-state index in [0.29, 0.717) is 6.42 Å². The smallest absolute Gasteiger partial charge is 0.166 e. The molecule has 1 heteroatoms. The minimum absolute atomic E-state index is 0.227. The Bertz CT molecular complexity index is 438. The first-order valence-electron chi connectivity index (χ1n) is 5.71. The van der Waals surface area contributed by atoms with E-state index in [9.17, 15) is 4.79 Å². The Labute approximate surface area is 96.5 Å². The van der Waals surface area contributed by atoms with Crippen LogP contribution in [0, 0.1) is 0 Å². The minimum atomic E-state index is 0.227. The van der Waals surface area contributed by atoms with Gasteiger partial charge in [0.15, 0.2) is 5.78 Å². The minimum Gasteiger partial charge on any atom is -0.294 e. The molecule has 1 nitrogen and oxygen atoms in total. The molecule has 2 rings (SSSR count). The summed E-state index contributed by atoms with van der Waals surface area (Å²) in [7, 11) is 0. The summed E-state index contributed by atoms with van der Waals surface area (Å²) in [5.41, 5.74) is 3.37. The molecule has 0 unspecified atom stereocenters. The summed E-state index contributed by atoms with van der Waals surface area (Å²) in [6.07, 6.45) is 6.96. The van der Waals surface area contributed by atoms with Crippen molar-refractivity contribution in [2.75, 3.05) is 0 Å². The van der Waals surface area contributed by atoms with Crippen molar-refractivity contribution >= 4 is 5.78 Å². The zero-order valence-corrected chi connectivity index (χ0v) is 9.57. The fourth-order valence-electron chi connectivity index (χ4n) is 1.98. The van der Waals surface area contributed by atoms with Crippen LogP contribution in [0.2, 0.25) is 0 Å². The fourth-order valence-corrected chi connectivity index (χ4v) is 1.98. The average Bonchev–Trinajstić information content (AvgIpc) is 2.33. The Morgan fingerprint density at radius 2 is 2.00 bits per heavy atom. The van der Waals surface area contributed by atoms with Gasteiger partial charge >= 0.3 is 0 Å². The zero-order valence-electron chi connectivity index (χ0n) is 9.57. The van der Waals surface area contributed by atoms with Crippen molar-refractivity contribution in [1.82, 2.24) is 0 Å². The van der Waals surface area contributed by atoms with E-state index in [1.54, 1.807) is 0 Å². The van der Waals surface area contributed by atoms with Gasteiger partial charge in [0.1, 0.15) is 0 Å². The van der Waals surface area contributed by atoms with Gasteiger partial charge in [0.25, 0.3) is 0 Å². The van der Waals surface area contributed by atoms with Crippen LogP contribution < -0.4 is 0 Å². The molecule has 16 heavy (non-hydrogen) atoms. The van der Waals surface area contributed by atoms with E-state index in [2.05, 4.69) is 19.1 Å². The highest BCUT2D eigenvalue weighted by Gasteiger charge is 2.11. The molecular weight excluding hydrogens is 196 g/mol. The summed E-state index contributed by atoms with van der Waals surface area (Å²) in [6, 6.07) is 9.53. The summed E-state index contributed by atoms with van der Waals surface area (Å²) in [6.45, 7) is 2.09. The van der Waals surface area contributed by atoms with Crippen molar-refractivity contribution in [3.05, 3.63) is 59.2 Å². The first-order valence-corrected chi connectivity index (χ1v) is 5.71. The SMILES string of the molecule is CC1=C(CC(=O)c2ccccc2)CCC=C1. The third kappa shape index (κ3) is 2.48. The maximum Gasteiger partial charge on any atom is 0.166 e. The molecule has 0 radical (unpaired) electrons. The molecule has 0 N–H and O–H groups in total. The summed E-state index contributed by atoms with van der Waals surface area (Å²) < 4.78 is 0. The van der Waals surface area contributed by atoms with Crippen LogP contribution >= 0.6 is 0 Å². The van der Waals surface area contributed by atoms with Crippen molar-refractivity contribution in [1.29, 1.82) is 0 Å². The van der Waals surface area contributed by atoms with Gasteiger partial charge in [-0.25, -0.2) is 0 Å². The van der Waals surface area contributed by atoms with E-state index in [0.717, 1.165) is 18.4 Å². The molecule has 0 aromatic heterocycles. The molecule has 0 amide bonds. The van der Waals surface area contributed by atoms with Gasteiger partial charge < -0.3 is 0 Å². The second-order valence-electron chi connectivity index (χ2n) is 4.19. The molecule has 1 aromatic carbocycles. The van der Waals surface area contributed by atoms with Gasteiger partial charge in [-0.2, -0.15) is 0 Å². The van der Waals surface area contributed by atoms with Crippen molar-refractivity contribution in [2.24, 2.45) is 0 Å².